The minimum absolute atomic E-state index is 0.337. The third-order valence-corrected chi connectivity index (χ3v) is 5.16. The molecule has 2 fully saturated rings. The van der Waals surface area contributed by atoms with Crippen LogP contribution in [0.1, 0.15) is 52.0 Å². The van der Waals surface area contributed by atoms with Gasteiger partial charge in [0.05, 0.1) is 17.8 Å². The second-order valence-electron chi connectivity index (χ2n) is 7.44. The van der Waals surface area contributed by atoms with Crippen molar-refractivity contribution in [3.63, 3.8) is 0 Å². The highest BCUT2D eigenvalue weighted by atomic mass is 16.7. The molecule has 0 bridgehead atoms. The zero-order valence-electron chi connectivity index (χ0n) is 14.0. The van der Waals surface area contributed by atoms with Crippen LogP contribution in [0.4, 0.5) is 5.69 Å². The van der Waals surface area contributed by atoms with E-state index in [-0.39, 0.29) is 18.3 Å². The summed E-state index contributed by atoms with van der Waals surface area (Å²) in [5.74, 6) is 0.415. The highest BCUT2D eigenvalue weighted by molar-refractivity contribution is 6.62. The molecule has 5 heteroatoms. The summed E-state index contributed by atoms with van der Waals surface area (Å²) in [6, 6.07) is 6.17. The topological polar surface area (TPSA) is 53.7 Å². The van der Waals surface area contributed by atoms with Gasteiger partial charge in [-0.05, 0) is 63.7 Å². The first-order valence-electron chi connectivity index (χ1n) is 8.12. The van der Waals surface area contributed by atoms with Crippen LogP contribution in [0.2, 0.25) is 0 Å². The second kappa shape index (κ2) is 5.55. The molecule has 120 valence electrons. The number of hydrogen-bond donors (Lipinski definition) is 1. The van der Waals surface area contributed by atoms with E-state index >= 15 is 0 Å². The lowest BCUT2D eigenvalue weighted by atomic mass is 9.76. The molecule has 1 aromatic carbocycles. The number of anilines is 1. The Balaban J connectivity index is 1.87. The molecule has 1 aromatic rings. The maximum Gasteiger partial charge on any atom is 0.494 e. The van der Waals surface area contributed by atoms with Gasteiger partial charge >= 0.3 is 7.12 Å². The maximum atomic E-state index is 6.14. The molecule has 2 aliphatic heterocycles. The smallest absolute Gasteiger partial charge is 0.399 e. The Morgan fingerprint density at radius 3 is 2.36 bits per heavy atom. The molecular formula is C17H26BNO3. The Hall–Kier alpha value is -1.04. The van der Waals surface area contributed by atoms with Crippen LogP contribution < -0.4 is 11.2 Å². The fraction of sp³-hybridized carbons (Fsp3) is 0.647. The van der Waals surface area contributed by atoms with Crippen LogP contribution in [0, 0.1) is 0 Å². The van der Waals surface area contributed by atoms with E-state index < -0.39 is 0 Å². The molecule has 0 spiro atoms. The summed E-state index contributed by atoms with van der Waals surface area (Å²) in [7, 11) is -0.364. The number of benzene rings is 1. The molecule has 0 aliphatic carbocycles. The Morgan fingerprint density at radius 2 is 1.77 bits per heavy atom. The Kier molecular flexibility index (Phi) is 4.00. The fourth-order valence-corrected chi connectivity index (χ4v) is 3.06. The van der Waals surface area contributed by atoms with Gasteiger partial charge in [0, 0.05) is 18.2 Å². The van der Waals surface area contributed by atoms with Crippen LogP contribution in [0.3, 0.4) is 0 Å². The molecule has 2 aliphatic rings. The van der Waals surface area contributed by atoms with Crippen LogP contribution in [0.5, 0.6) is 0 Å². The van der Waals surface area contributed by atoms with Crippen molar-refractivity contribution in [1.82, 2.24) is 0 Å². The third-order valence-electron chi connectivity index (χ3n) is 5.16. The predicted octanol–water partition coefficient (Wildman–Crippen LogP) is 2.46. The van der Waals surface area contributed by atoms with Gasteiger partial charge in [0.15, 0.2) is 0 Å². The van der Waals surface area contributed by atoms with Gasteiger partial charge in [0.25, 0.3) is 0 Å². The first-order chi connectivity index (χ1) is 10.3. The first-order valence-corrected chi connectivity index (χ1v) is 8.12. The molecule has 22 heavy (non-hydrogen) atoms. The van der Waals surface area contributed by atoms with E-state index in [9.17, 15) is 0 Å². The van der Waals surface area contributed by atoms with Crippen molar-refractivity contribution in [2.75, 3.05) is 18.9 Å². The van der Waals surface area contributed by atoms with Gasteiger partial charge in [-0.1, -0.05) is 6.07 Å². The molecule has 3 rings (SSSR count). The SMILES string of the molecule is CC1(C)OB(c2cc(N)cc(C3CCCOC3)c2)OC1(C)C. The molecule has 2 N–H and O–H groups in total. The number of nitrogens with two attached hydrogens (primary N) is 1. The Labute approximate surface area is 133 Å². The van der Waals surface area contributed by atoms with Gasteiger partial charge in [-0.25, -0.2) is 0 Å². The zero-order chi connectivity index (χ0) is 16.0. The first kappa shape index (κ1) is 15.8. The highest BCUT2D eigenvalue weighted by Crippen LogP contribution is 2.37. The molecule has 0 radical (unpaired) electrons. The van der Waals surface area contributed by atoms with E-state index in [0.717, 1.165) is 37.2 Å². The minimum atomic E-state index is -0.364. The summed E-state index contributed by atoms with van der Waals surface area (Å²) < 4.78 is 17.9. The van der Waals surface area contributed by atoms with Gasteiger partial charge < -0.3 is 19.8 Å². The molecule has 1 unspecified atom stereocenters. The molecule has 0 saturated carbocycles. The monoisotopic (exact) mass is 303 g/mol. The standard InChI is InChI=1S/C17H26BNO3/c1-16(2)17(3,4)22-18(21-16)14-8-13(9-15(19)10-14)12-6-5-7-20-11-12/h8-10,12H,5-7,11,19H2,1-4H3. The minimum Gasteiger partial charge on any atom is -0.399 e. The quantitative estimate of drug-likeness (QED) is 0.673. The highest BCUT2D eigenvalue weighted by Gasteiger charge is 2.51. The van der Waals surface area contributed by atoms with Gasteiger partial charge in [-0.2, -0.15) is 0 Å². The lowest BCUT2D eigenvalue weighted by Gasteiger charge is -2.32. The summed E-state index contributed by atoms with van der Waals surface area (Å²) in [6.45, 7) is 9.89. The lowest BCUT2D eigenvalue weighted by molar-refractivity contribution is 0.00578. The summed E-state index contributed by atoms with van der Waals surface area (Å²) in [5, 5.41) is 0. The van der Waals surface area contributed by atoms with E-state index in [1.807, 2.05) is 12.1 Å². The van der Waals surface area contributed by atoms with Gasteiger partial charge in [-0.15, -0.1) is 0 Å². The third kappa shape index (κ3) is 2.90. The molecule has 0 aromatic heterocycles. The average Bonchev–Trinajstić information content (AvgIpc) is 2.68. The summed E-state index contributed by atoms with van der Waals surface area (Å²) >= 11 is 0. The molecule has 1 atom stereocenters. The molecule has 4 nitrogen and oxygen atoms in total. The molecule has 2 saturated heterocycles. The number of hydrogen-bond acceptors (Lipinski definition) is 4. The van der Waals surface area contributed by atoms with Crippen molar-refractivity contribution in [3.8, 4) is 0 Å². The van der Waals surface area contributed by atoms with Gasteiger partial charge in [0.1, 0.15) is 0 Å². The van der Waals surface area contributed by atoms with Crippen molar-refractivity contribution in [1.29, 1.82) is 0 Å². The fourth-order valence-electron chi connectivity index (χ4n) is 3.06. The van der Waals surface area contributed by atoms with Gasteiger partial charge in [-0.3, -0.25) is 0 Å². The van der Waals surface area contributed by atoms with Crippen LogP contribution in [0.15, 0.2) is 18.2 Å². The Morgan fingerprint density at radius 1 is 1.09 bits per heavy atom. The van der Waals surface area contributed by atoms with Crippen LogP contribution in [-0.2, 0) is 14.0 Å². The van der Waals surface area contributed by atoms with E-state index in [2.05, 4.69) is 33.8 Å². The number of nitrogen functional groups attached to an aromatic ring is 1. The van der Waals surface area contributed by atoms with Crippen LogP contribution >= 0.6 is 0 Å². The van der Waals surface area contributed by atoms with Crippen molar-refractivity contribution < 1.29 is 14.0 Å². The predicted molar refractivity (Wildman–Crippen MR) is 89.4 cm³/mol. The van der Waals surface area contributed by atoms with Gasteiger partial charge in [0.2, 0.25) is 0 Å². The summed E-state index contributed by atoms with van der Waals surface area (Å²) in [4.78, 5) is 0. The number of ether oxygens (including phenoxy) is 1. The zero-order valence-corrected chi connectivity index (χ0v) is 14.0. The summed E-state index contributed by atoms with van der Waals surface area (Å²) in [5.41, 5.74) is 8.43. The van der Waals surface area contributed by atoms with E-state index in [0.29, 0.717) is 5.92 Å². The average molecular weight is 303 g/mol. The van der Waals surface area contributed by atoms with Crippen molar-refractivity contribution in [2.45, 2.75) is 57.7 Å². The molecular weight excluding hydrogens is 277 g/mol. The summed E-state index contributed by atoms with van der Waals surface area (Å²) in [6.07, 6.45) is 2.25. The maximum absolute atomic E-state index is 6.14. The Bertz CT molecular complexity index is 537. The molecule has 0 amide bonds. The van der Waals surface area contributed by atoms with E-state index in [1.54, 1.807) is 0 Å². The normalized spacial score (nSPS) is 27.1. The van der Waals surface area contributed by atoms with Crippen LogP contribution in [0.25, 0.3) is 0 Å². The van der Waals surface area contributed by atoms with Crippen molar-refractivity contribution in [3.05, 3.63) is 23.8 Å². The molecule has 2 heterocycles. The van der Waals surface area contributed by atoms with Crippen LogP contribution in [-0.4, -0.2) is 31.5 Å². The lowest BCUT2D eigenvalue weighted by Crippen LogP contribution is -2.41. The van der Waals surface area contributed by atoms with Crippen molar-refractivity contribution >= 4 is 18.3 Å². The second-order valence-corrected chi connectivity index (χ2v) is 7.44. The van der Waals surface area contributed by atoms with E-state index in [4.69, 9.17) is 19.8 Å². The van der Waals surface area contributed by atoms with E-state index in [1.165, 1.54) is 5.56 Å². The number of rotatable bonds is 2. The largest absolute Gasteiger partial charge is 0.494 e. The van der Waals surface area contributed by atoms with Crippen molar-refractivity contribution in [2.24, 2.45) is 0 Å².